The van der Waals surface area contributed by atoms with Crippen LogP contribution in [0.4, 0.5) is 4.39 Å². The number of carbonyl (C=O) groups is 1. The van der Waals surface area contributed by atoms with E-state index in [1.165, 1.54) is 17.8 Å². The summed E-state index contributed by atoms with van der Waals surface area (Å²) in [6.07, 6.45) is 1.56. The van der Waals surface area contributed by atoms with Gasteiger partial charge in [-0.05, 0) is 49.6 Å². The molecule has 0 fully saturated rings. The molecule has 0 aliphatic rings. The lowest BCUT2D eigenvalue weighted by Crippen LogP contribution is -2.32. The molecule has 2 heterocycles. The van der Waals surface area contributed by atoms with Crippen molar-refractivity contribution in [3.05, 3.63) is 69.8 Å². The van der Waals surface area contributed by atoms with Gasteiger partial charge in [0.2, 0.25) is 5.78 Å². The van der Waals surface area contributed by atoms with E-state index in [9.17, 15) is 14.0 Å². The highest BCUT2D eigenvalue weighted by molar-refractivity contribution is 7.98. The van der Waals surface area contributed by atoms with Crippen molar-refractivity contribution in [1.82, 2.24) is 24.5 Å². The van der Waals surface area contributed by atoms with Crippen LogP contribution in [0.3, 0.4) is 0 Å². The van der Waals surface area contributed by atoms with Crippen LogP contribution < -0.4 is 10.9 Å². The Morgan fingerprint density at radius 2 is 1.97 bits per heavy atom. The first-order valence-corrected chi connectivity index (χ1v) is 12.0. The molecular formula is C24H26FN5O2S. The third-order valence-corrected chi connectivity index (χ3v) is 6.56. The molecule has 1 atom stereocenters. The van der Waals surface area contributed by atoms with Crippen LogP contribution in [0.5, 0.6) is 0 Å². The predicted molar refractivity (Wildman–Crippen MR) is 128 cm³/mol. The first-order valence-electron chi connectivity index (χ1n) is 11.0. The molecule has 2 aromatic carbocycles. The zero-order chi connectivity index (χ0) is 23.5. The largest absolute Gasteiger partial charge is 0.350 e. The van der Waals surface area contributed by atoms with Crippen molar-refractivity contribution in [1.29, 1.82) is 0 Å². The molecule has 0 saturated heterocycles. The molecule has 0 saturated carbocycles. The van der Waals surface area contributed by atoms with Crippen LogP contribution in [0.15, 0.2) is 52.4 Å². The number of nitrogens with one attached hydrogen (secondary N) is 1. The highest BCUT2D eigenvalue weighted by Crippen LogP contribution is 2.26. The molecule has 4 rings (SSSR count). The van der Waals surface area contributed by atoms with Gasteiger partial charge < -0.3 is 5.32 Å². The summed E-state index contributed by atoms with van der Waals surface area (Å²) in [5, 5.41) is 12.5. The fourth-order valence-corrected chi connectivity index (χ4v) is 4.53. The Morgan fingerprint density at radius 3 is 2.70 bits per heavy atom. The molecule has 4 aromatic rings. The Hall–Kier alpha value is -3.20. The molecule has 2 aromatic heterocycles. The molecule has 0 aliphatic carbocycles. The molecule has 33 heavy (non-hydrogen) atoms. The van der Waals surface area contributed by atoms with Crippen molar-refractivity contribution in [2.45, 2.75) is 57.1 Å². The number of rotatable bonds is 8. The number of aromatic nitrogens is 4. The summed E-state index contributed by atoms with van der Waals surface area (Å²) in [7, 11) is 0. The quantitative estimate of drug-likeness (QED) is 0.388. The molecule has 7 nitrogen and oxygen atoms in total. The molecular weight excluding hydrogens is 441 g/mol. The molecule has 0 bridgehead atoms. The van der Waals surface area contributed by atoms with E-state index < -0.39 is 0 Å². The second kappa shape index (κ2) is 9.74. The Morgan fingerprint density at radius 1 is 1.18 bits per heavy atom. The van der Waals surface area contributed by atoms with E-state index in [0.717, 1.165) is 12.8 Å². The van der Waals surface area contributed by atoms with Crippen molar-refractivity contribution in [3.63, 3.8) is 0 Å². The Balaban J connectivity index is 1.85. The second-order valence-corrected chi connectivity index (χ2v) is 8.91. The number of carbonyl (C=O) groups excluding carboxylic acids is 1. The predicted octanol–water partition coefficient (Wildman–Crippen LogP) is 4.41. The van der Waals surface area contributed by atoms with E-state index in [-0.39, 0.29) is 23.3 Å². The number of fused-ring (bicyclic) bond motifs is 3. The average Bonchev–Trinajstić information content (AvgIpc) is 3.24. The zero-order valence-electron chi connectivity index (χ0n) is 18.8. The van der Waals surface area contributed by atoms with E-state index in [2.05, 4.69) is 15.5 Å². The SMILES string of the molecule is CCCn1c(=O)c2ccc(C(=O)NC(C)CC)cc2n2c(SCc3ccccc3F)nnc12. The van der Waals surface area contributed by atoms with Gasteiger partial charge in [-0.1, -0.05) is 43.8 Å². The monoisotopic (exact) mass is 467 g/mol. The standard InChI is InChI=1S/C24H26FN5O2S/c1-4-12-29-22(32)18-11-10-16(21(31)26-15(3)5-2)13-20(18)30-23(29)27-28-24(30)33-14-17-8-6-7-9-19(17)25/h6-11,13,15H,4-5,12,14H2,1-3H3,(H,26,31). The smallest absolute Gasteiger partial charge is 0.262 e. The number of hydrogen-bond acceptors (Lipinski definition) is 5. The summed E-state index contributed by atoms with van der Waals surface area (Å²) < 4.78 is 17.5. The molecule has 172 valence electrons. The third kappa shape index (κ3) is 4.50. The van der Waals surface area contributed by atoms with E-state index >= 15 is 0 Å². The van der Waals surface area contributed by atoms with Crippen LogP contribution in [0.25, 0.3) is 16.7 Å². The van der Waals surface area contributed by atoms with Crippen molar-refractivity contribution >= 4 is 34.3 Å². The van der Waals surface area contributed by atoms with Gasteiger partial charge >= 0.3 is 0 Å². The van der Waals surface area contributed by atoms with E-state index in [0.29, 0.717) is 45.3 Å². The van der Waals surface area contributed by atoms with Crippen molar-refractivity contribution in [2.24, 2.45) is 0 Å². The Labute approximate surface area is 195 Å². The minimum Gasteiger partial charge on any atom is -0.350 e. The minimum atomic E-state index is -0.282. The lowest BCUT2D eigenvalue weighted by Gasteiger charge is -2.14. The maximum Gasteiger partial charge on any atom is 0.262 e. The maximum absolute atomic E-state index is 14.1. The van der Waals surface area contributed by atoms with Crippen molar-refractivity contribution in [2.75, 3.05) is 0 Å². The van der Waals surface area contributed by atoms with Gasteiger partial charge in [0, 0.05) is 23.9 Å². The molecule has 1 N–H and O–H groups in total. The van der Waals surface area contributed by atoms with E-state index in [1.807, 2.05) is 20.8 Å². The summed E-state index contributed by atoms with van der Waals surface area (Å²) in [6, 6.07) is 11.7. The highest BCUT2D eigenvalue weighted by atomic mass is 32.2. The van der Waals surface area contributed by atoms with Crippen molar-refractivity contribution < 1.29 is 9.18 Å². The van der Waals surface area contributed by atoms with Gasteiger partial charge in [0.1, 0.15) is 5.82 Å². The topological polar surface area (TPSA) is 81.3 Å². The number of benzene rings is 2. The number of hydrogen-bond donors (Lipinski definition) is 1. The Bertz CT molecular complexity index is 1380. The number of thioether (sulfide) groups is 1. The van der Waals surface area contributed by atoms with E-state index in [4.69, 9.17) is 0 Å². The van der Waals surface area contributed by atoms with Crippen LogP contribution in [-0.4, -0.2) is 31.1 Å². The summed E-state index contributed by atoms with van der Waals surface area (Å²) in [5.41, 5.74) is 1.39. The maximum atomic E-state index is 14.1. The molecule has 9 heteroatoms. The summed E-state index contributed by atoms with van der Waals surface area (Å²) in [4.78, 5) is 25.9. The van der Waals surface area contributed by atoms with Gasteiger partial charge in [-0.2, -0.15) is 0 Å². The average molecular weight is 468 g/mol. The number of nitrogens with zero attached hydrogens (tertiary/aromatic N) is 4. The van der Waals surface area contributed by atoms with Crippen LogP contribution >= 0.6 is 11.8 Å². The molecule has 1 unspecified atom stereocenters. The zero-order valence-corrected chi connectivity index (χ0v) is 19.7. The van der Waals surface area contributed by atoms with Gasteiger partial charge in [0.05, 0.1) is 10.9 Å². The van der Waals surface area contributed by atoms with Crippen molar-refractivity contribution in [3.8, 4) is 0 Å². The molecule has 0 spiro atoms. The fourth-order valence-electron chi connectivity index (χ4n) is 3.61. The van der Waals surface area contributed by atoms with Crippen LogP contribution in [0.2, 0.25) is 0 Å². The summed E-state index contributed by atoms with van der Waals surface area (Å²) >= 11 is 1.33. The molecule has 0 aliphatic heterocycles. The molecule has 1 amide bonds. The second-order valence-electron chi connectivity index (χ2n) is 7.97. The van der Waals surface area contributed by atoms with Crippen LogP contribution in [0.1, 0.15) is 49.5 Å². The van der Waals surface area contributed by atoms with Gasteiger partial charge in [0.25, 0.3) is 11.5 Å². The highest BCUT2D eigenvalue weighted by Gasteiger charge is 2.19. The first kappa shape index (κ1) is 23.0. The summed E-state index contributed by atoms with van der Waals surface area (Å²) in [6.45, 7) is 6.42. The van der Waals surface area contributed by atoms with Gasteiger partial charge in [-0.3, -0.25) is 18.6 Å². The minimum absolute atomic E-state index is 0.0348. The third-order valence-electron chi connectivity index (χ3n) is 5.59. The van der Waals surface area contributed by atoms with Gasteiger partial charge in [-0.25, -0.2) is 4.39 Å². The summed E-state index contributed by atoms with van der Waals surface area (Å²) in [5.74, 6) is 0.280. The lowest BCUT2D eigenvalue weighted by molar-refractivity contribution is 0.0939. The Kier molecular flexibility index (Phi) is 6.78. The van der Waals surface area contributed by atoms with Gasteiger partial charge in [-0.15, -0.1) is 10.2 Å². The molecule has 0 radical (unpaired) electrons. The lowest BCUT2D eigenvalue weighted by atomic mass is 10.1. The first-order chi connectivity index (χ1) is 15.9. The van der Waals surface area contributed by atoms with Gasteiger partial charge in [0.15, 0.2) is 5.16 Å². The van der Waals surface area contributed by atoms with Crippen LogP contribution in [0, 0.1) is 5.82 Å². The number of halogens is 1. The van der Waals surface area contributed by atoms with Crippen LogP contribution in [-0.2, 0) is 12.3 Å². The normalized spacial score (nSPS) is 12.4. The number of amides is 1. The number of aryl methyl sites for hydroxylation is 1. The fraction of sp³-hybridized carbons (Fsp3) is 0.333. The van der Waals surface area contributed by atoms with E-state index in [1.54, 1.807) is 45.4 Å².